The van der Waals surface area contributed by atoms with Crippen LogP contribution in [0.4, 0.5) is 4.39 Å². The van der Waals surface area contributed by atoms with Gasteiger partial charge >= 0.3 is 0 Å². The Morgan fingerprint density at radius 1 is 1.56 bits per heavy atom. The number of aliphatic hydroxyl groups is 1. The number of amides is 1. The average Bonchev–Trinajstić information content (AvgIpc) is 2.29. The molecule has 0 aliphatic rings. The van der Waals surface area contributed by atoms with E-state index >= 15 is 0 Å². The van der Waals surface area contributed by atoms with Crippen LogP contribution in [0.15, 0.2) is 24.3 Å². The lowest BCUT2D eigenvalue weighted by atomic mass is 10.2. The topological polar surface area (TPSA) is 58.6 Å². The molecule has 0 spiro atoms. The summed E-state index contributed by atoms with van der Waals surface area (Å²) in [7, 11) is 0. The Morgan fingerprint density at radius 3 is 3.00 bits per heavy atom. The van der Waals surface area contributed by atoms with Gasteiger partial charge in [-0.05, 0) is 25.5 Å². The van der Waals surface area contributed by atoms with Crippen molar-refractivity contribution in [1.29, 1.82) is 0 Å². The number of halogens is 1. The van der Waals surface area contributed by atoms with Crippen LogP contribution in [0.1, 0.15) is 19.8 Å². The van der Waals surface area contributed by atoms with Gasteiger partial charge in [0.05, 0.1) is 13.0 Å². The number of carbonyl (C=O) groups excluding carboxylic acids is 1. The lowest BCUT2D eigenvalue weighted by Gasteiger charge is -2.12. The Morgan fingerprint density at radius 2 is 2.33 bits per heavy atom. The number of nitrogens with one attached hydrogen (secondary N) is 1. The summed E-state index contributed by atoms with van der Waals surface area (Å²) in [5.74, 6) is -0.105. The van der Waals surface area contributed by atoms with Crippen LogP contribution in [0.25, 0.3) is 0 Å². The molecule has 0 heterocycles. The molecule has 0 aromatic heterocycles. The zero-order valence-corrected chi connectivity index (χ0v) is 10.4. The second-order valence-corrected chi connectivity index (χ2v) is 4.04. The molecule has 100 valence electrons. The highest BCUT2D eigenvalue weighted by Crippen LogP contribution is 2.11. The first-order valence-corrected chi connectivity index (χ1v) is 5.90. The molecule has 1 aromatic rings. The van der Waals surface area contributed by atoms with Gasteiger partial charge in [-0.15, -0.1) is 0 Å². The molecule has 1 amide bonds. The first-order chi connectivity index (χ1) is 8.61. The quantitative estimate of drug-likeness (QED) is 0.776. The predicted molar refractivity (Wildman–Crippen MR) is 65.8 cm³/mol. The van der Waals surface area contributed by atoms with Crippen molar-refractivity contribution in [2.75, 3.05) is 13.2 Å². The summed E-state index contributed by atoms with van der Waals surface area (Å²) in [6.07, 6.45) is 0.725. The van der Waals surface area contributed by atoms with E-state index in [-0.39, 0.29) is 37.4 Å². The van der Waals surface area contributed by atoms with Gasteiger partial charge < -0.3 is 15.2 Å². The molecule has 2 N–H and O–H groups in total. The third kappa shape index (κ3) is 5.63. The molecule has 0 saturated carbocycles. The second-order valence-electron chi connectivity index (χ2n) is 4.04. The van der Waals surface area contributed by atoms with Crippen LogP contribution >= 0.6 is 0 Å². The molecule has 5 heteroatoms. The standard InChI is InChI=1S/C13H18FNO3/c1-10(5-7-16)15-13(17)6-8-18-12-4-2-3-11(14)9-12/h2-4,9-10,16H,5-8H2,1H3,(H,15,17). The van der Waals surface area contributed by atoms with Gasteiger partial charge in [0.2, 0.25) is 5.91 Å². The fourth-order valence-corrected chi connectivity index (χ4v) is 1.43. The molecule has 0 radical (unpaired) electrons. The summed E-state index contributed by atoms with van der Waals surface area (Å²) in [5, 5.41) is 11.4. The Kier molecular flexibility index (Phi) is 6.14. The highest BCUT2D eigenvalue weighted by Gasteiger charge is 2.06. The summed E-state index contributed by atoms with van der Waals surface area (Å²) in [5.41, 5.74) is 0. The number of carbonyl (C=O) groups is 1. The maximum Gasteiger partial charge on any atom is 0.223 e. The average molecular weight is 255 g/mol. The third-order valence-corrected chi connectivity index (χ3v) is 2.36. The van der Waals surface area contributed by atoms with E-state index < -0.39 is 0 Å². The number of ether oxygens (including phenoxy) is 1. The molecule has 0 saturated heterocycles. The van der Waals surface area contributed by atoms with Crippen molar-refractivity contribution in [3.05, 3.63) is 30.1 Å². The SMILES string of the molecule is CC(CCO)NC(=O)CCOc1cccc(F)c1. The number of hydrogen-bond donors (Lipinski definition) is 2. The molecule has 4 nitrogen and oxygen atoms in total. The Balaban J connectivity index is 2.23. The molecule has 0 aliphatic heterocycles. The summed E-state index contributed by atoms with van der Waals surface area (Å²) in [6.45, 7) is 2.06. The van der Waals surface area contributed by atoms with Crippen LogP contribution in [0, 0.1) is 5.82 Å². The summed E-state index contributed by atoms with van der Waals surface area (Å²) < 4.78 is 18.1. The monoisotopic (exact) mass is 255 g/mol. The summed E-state index contributed by atoms with van der Waals surface area (Å²) in [6, 6.07) is 5.72. The zero-order chi connectivity index (χ0) is 13.4. The highest BCUT2D eigenvalue weighted by atomic mass is 19.1. The molecular weight excluding hydrogens is 237 g/mol. The van der Waals surface area contributed by atoms with E-state index in [0.29, 0.717) is 12.2 Å². The van der Waals surface area contributed by atoms with Gasteiger partial charge in [0.15, 0.2) is 0 Å². The Labute approximate surface area is 106 Å². The number of benzene rings is 1. The van der Waals surface area contributed by atoms with Crippen LogP contribution in [-0.4, -0.2) is 30.3 Å². The van der Waals surface area contributed by atoms with E-state index in [4.69, 9.17) is 9.84 Å². The normalized spacial score (nSPS) is 11.9. The van der Waals surface area contributed by atoms with Crippen molar-refractivity contribution >= 4 is 5.91 Å². The minimum atomic E-state index is -0.367. The van der Waals surface area contributed by atoms with Gasteiger partial charge in [-0.2, -0.15) is 0 Å². The lowest BCUT2D eigenvalue weighted by molar-refractivity contribution is -0.122. The van der Waals surface area contributed by atoms with Crippen molar-refractivity contribution < 1.29 is 19.0 Å². The first-order valence-electron chi connectivity index (χ1n) is 5.90. The minimum Gasteiger partial charge on any atom is -0.493 e. The van der Waals surface area contributed by atoms with Crippen LogP contribution in [0.3, 0.4) is 0 Å². The molecule has 1 rings (SSSR count). The lowest BCUT2D eigenvalue weighted by Crippen LogP contribution is -2.33. The zero-order valence-electron chi connectivity index (χ0n) is 10.4. The van der Waals surface area contributed by atoms with Gasteiger partial charge in [0.1, 0.15) is 11.6 Å². The van der Waals surface area contributed by atoms with Crippen molar-refractivity contribution in [2.24, 2.45) is 0 Å². The molecule has 1 aromatic carbocycles. The third-order valence-electron chi connectivity index (χ3n) is 2.36. The number of hydrogen-bond acceptors (Lipinski definition) is 3. The molecule has 0 aliphatic carbocycles. The smallest absolute Gasteiger partial charge is 0.223 e. The largest absolute Gasteiger partial charge is 0.493 e. The molecular formula is C13H18FNO3. The van der Waals surface area contributed by atoms with Crippen molar-refractivity contribution in [2.45, 2.75) is 25.8 Å². The summed E-state index contributed by atoms with van der Waals surface area (Å²) in [4.78, 5) is 11.4. The van der Waals surface area contributed by atoms with Crippen molar-refractivity contribution in [3.63, 3.8) is 0 Å². The first kappa shape index (κ1) is 14.4. The Bertz CT molecular complexity index is 384. The van der Waals surface area contributed by atoms with Gasteiger partial charge in [-0.1, -0.05) is 6.07 Å². The van der Waals surface area contributed by atoms with E-state index in [1.807, 2.05) is 6.92 Å². The molecule has 0 bridgehead atoms. The second kappa shape index (κ2) is 7.66. The van der Waals surface area contributed by atoms with Crippen molar-refractivity contribution in [1.82, 2.24) is 5.32 Å². The van der Waals surface area contributed by atoms with E-state index in [2.05, 4.69) is 5.32 Å². The van der Waals surface area contributed by atoms with E-state index in [0.717, 1.165) is 0 Å². The molecule has 18 heavy (non-hydrogen) atoms. The van der Waals surface area contributed by atoms with Gasteiger partial charge in [0.25, 0.3) is 0 Å². The fraction of sp³-hybridized carbons (Fsp3) is 0.462. The maximum absolute atomic E-state index is 12.8. The minimum absolute atomic E-state index is 0.0429. The highest BCUT2D eigenvalue weighted by molar-refractivity contribution is 5.76. The number of aliphatic hydroxyl groups excluding tert-OH is 1. The van der Waals surface area contributed by atoms with E-state index in [9.17, 15) is 9.18 Å². The van der Waals surface area contributed by atoms with Crippen molar-refractivity contribution in [3.8, 4) is 5.75 Å². The molecule has 1 unspecified atom stereocenters. The fourth-order valence-electron chi connectivity index (χ4n) is 1.43. The van der Waals surface area contributed by atoms with E-state index in [1.54, 1.807) is 12.1 Å². The molecule has 1 atom stereocenters. The van der Waals surface area contributed by atoms with Crippen LogP contribution < -0.4 is 10.1 Å². The van der Waals surface area contributed by atoms with E-state index in [1.165, 1.54) is 12.1 Å². The van der Waals surface area contributed by atoms with Gasteiger partial charge in [-0.25, -0.2) is 4.39 Å². The van der Waals surface area contributed by atoms with Crippen LogP contribution in [-0.2, 0) is 4.79 Å². The summed E-state index contributed by atoms with van der Waals surface area (Å²) >= 11 is 0. The Hall–Kier alpha value is -1.62. The predicted octanol–water partition coefficient (Wildman–Crippen LogP) is 1.48. The van der Waals surface area contributed by atoms with Gasteiger partial charge in [0, 0.05) is 18.7 Å². The van der Waals surface area contributed by atoms with Crippen LogP contribution in [0.2, 0.25) is 0 Å². The van der Waals surface area contributed by atoms with Crippen LogP contribution in [0.5, 0.6) is 5.75 Å². The number of rotatable bonds is 7. The maximum atomic E-state index is 12.8. The van der Waals surface area contributed by atoms with Gasteiger partial charge in [-0.3, -0.25) is 4.79 Å². The molecule has 0 fully saturated rings.